The predicted molar refractivity (Wildman–Crippen MR) is 90.5 cm³/mol. The number of fused-ring (bicyclic) bond motifs is 1. The molecule has 0 atom stereocenters. The summed E-state index contributed by atoms with van der Waals surface area (Å²) in [4.78, 5) is 26.5. The molecule has 0 amide bonds. The molecular weight excluding hydrogens is 357 g/mol. The summed E-state index contributed by atoms with van der Waals surface area (Å²) in [5.41, 5.74) is -2.28. The SMILES string of the molecule is CC(=O)c1c(NC2CCCC2)c2cc(Cl)cc(C(F)(F)F)c2[nH]c1=O. The summed E-state index contributed by atoms with van der Waals surface area (Å²) >= 11 is 5.89. The topological polar surface area (TPSA) is 62.0 Å². The number of Topliss-reactive ketones (excluding diaryl/α,β-unsaturated/α-hetero) is 1. The van der Waals surface area contributed by atoms with Crippen molar-refractivity contribution in [1.29, 1.82) is 0 Å². The van der Waals surface area contributed by atoms with Gasteiger partial charge in [-0.1, -0.05) is 24.4 Å². The van der Waals surface area contributed by atoms with Gasteiger partial charge in [-0.3, -0.25) is 9.59 Å². The van der Waals surface area contributed by atoms with Crippen LogP contribution in [0.15, 0.2) is 16.9 Å². The number of aromatic nitrogens is 1. The fourth-order valence-corrected chi connectivity index (χ4v) is 3.56. The van der Waals surface area contributed by atoms with Crippen molar-refractivity contribution in [2.24, 2.45) is 0 Å². The highest BCUT2D eigenvalue weighted by Crippen LogP contribution is 2.39. The number of pyridine rings is 1. The zero-order valence-electron chi connectivity index (χ0n) is 13.4. The first-order valence-electron chi connectivity index (χ1n) is 7.92. The Morgan fingerprint density at radius 2 is 1.92 bits per heavy atom. The van der Waals surface area contributed by atoms with Gasteiger partial charge in [0.05, 0.1) is 16.8 Å². The molecule has 8 heteroatoms. The van der Waals surface area contributed by atoms with E-state index in [-0.39, 0.29) is 33.2 Å². The Morgan fingerprint density at radius 3 is 2.48 bits per heavy atom. The normalized spacial score (nSPS) is 15.7. The van der Waals surface area contributed by atoms with Crippen molar-refractivity contribution in [1.82, 2.24) is 4.98 Å². The number of carbonyl (C=O) groups excluding carboxylic acids is 1. The number of benzene rings is 1. The highest BCUT2D eigenvalue weighted by molar-refractivity contribution is 6.31. The number of H-pyrrole nitrogens is 1. The van der Waals surface area contributed by atoms with Crippen molar-refractivity contribution in [3.05, 3.63) is 38.6 Å². The van der Waals surface area contributed by atoms with E-state index in [1.807, 2.05) is 0 Å². The summed E-state index contributed by atoms with van der Waals surface area (Å²) in [5.74, 6) is -0.516. The second kappa shape index (κ2) is 6.37. The minimum Gasteiger partial charge on any atom is -0.381 e. The maximum Gasteiger partial charge on any atom is 0.418 e. The van der Waals surface area contributed by atoms with E-state index in [1.165, 1.54) is 13.0 Å². The number of halogens is 4. The zero-order chi connectivity index (χ0) is 18.4. The lowest BCUT2D eigenvalue weighted by Gasteiger charge is -2.20. The number of ketones is 1. The average Bonchev–Trinajstić information content (AvgIpc) is 2.99. The molecular formula is C17H16ClF3N2O2. The maximum absolute atomic E-state index is 13.4. The van der Waals surface area contributed by atoms with Gasteiger partial charge in [-0.05, 0) is 31.9 Å². The molecule has 1 aromatic heterocycles. The largest absolute Gasteiger partial charge is 0.418 e. The third-order valence-corrected chi connectivity index (χ3v) is 4.67. The minimum atomic E-state index is -4.69. The van der Waals surface area contributed by atoms with Crippen LogP contribution in [0, 0.1) is 0 Å². The van der Waals surface area contributed by atoms with Gasteiger partial charge < -0.3 is 10.3 Å². The summed E-state index contributed by atoms with van der Waals surface area (Å²) in [6, 6.07) is 2.12. The van der Waals surface area contributed by atoms with Gasteiger partial charge in [0, 0.05) is 16.5 Å². The summed E-state index contributed by atoms with van der Waals surface area (Å²) < 4.78 is 40.1. The highest BCUT2D eigenvalue weighted by Gasteiger charge is 2.35. The van der Waals surface area contributed by atoms with E-state index < -0.39 is 23.1 Å². The quantitative estimate of drug-likeness (QED) is 0.764. The predicted octanol–water partition coefficient (Wildman–Crippen LogP) is 4.76. The van der Waals surface area contributed by atoms with E-state index >= 15 is 0 Å². The van der Waals surface area contributed by atoms with Crippen LogP contribution in [-0.4, -0.2) is 16.8 Å². The Bertz CT molecular complexity index is 899. The van der Waals surface area contributed by atoms with Crippen molar-refractivity contribution >= 4 is 34.0 Å². The number of alkyl halides is 3. The van der Waals surface area contributed by atoms with Crippen LogP contribution >= 0.6 is 11.6 Å². The molecule has 25 heavy (non-hydrogen) atoms. The minimum absolute atomic E-state index is 0.0106. The molecule has 0 saturated heterocycles. The summed E-state index contributed by atoms with van der Waals surface area (Å²) in [7, 11) is 0. The molecule has 1 aliphatic rings. The van der Waals surface area contributed by atoms with Crippen molar-refractivity contribution in [2.45, 2.75) is 44.8 Å². The Balaban J connectivity index is 2.35. The second-order valence-electron chi connectivity index (χ2n) is 6.26. The molecule has 2 N–H and O–H groups in total. The van der Waals surface area contributed by atoms with E-state index in [2.05, 4.69) is 10.3 Å². The number of aromatic amines is 1. The second-order valence-corrected chi connectivity index (χ2v) is 6.70. The molecule has 1 saturated carbocycles. The van der Waals surface area contributed by atoms with E-state index in [0.717, 1.165) is 31.7 Å². The molecule has 4 nitrogen and oxygen atoms in total. The third kappa shape index (κ3) is 3.38. The van der Waals surface area contributed by atoms with Gasteiger partial charge in [0.15, 0.2) is 5.78 Å². The lowest BCUT2D eigenvalue weighted by atomic mass is 10.0. The Hall–Kier alpha value is -2.02. The summed E-state index contributed by atoms with van der Waals surface area (Å²) in [5, 5.41) is 3.09. The molecule has 134 valence electrons. The summed E-state index contributed by atoms with van der Waals surface area (Å²) in [6.07, 6.45) is -1.05. The van der Waals surface area contributed by atoms with Gasteiger partial charge in [-0.2, -0.15) is 13.2 Å². The molecule has 0 bridgehead atoms. The van der Waals surface area contributed by atoms with Gasteiger partial charge >= 0.3 is 6.18 Å². The Labute approximate surface area is 146 Å². The van der Waals surface area contributed by atoms with Gasteiger partial charge in [0.1, 0.15) is 5.56 Å². The maximum atomic E-state index is 13.4. The number of hydrogen-bond donors (Lipinski definition) is 2. The number of anilines is 1. The molecule has 2 aromatic rings. The van der Waals surface area contributed by atoms with Crippen LogP contribution in [0.5, 0.6) is 0 Å². The first-order chi connectivity index (χ1) is 11.7. The monoisotopic (exact) mass is 372 g/mol. The number of carbonyl (C=O) groups is 1. The fraction of sp³-hybridized carbons (Fsp3) is 0.412. The van der Waals surface area contributed by atoms with Crippen LogP contribution in [0.3, 0.4) is 0 Å². The average molecular weight is 373 g/mol. The van der Waals surface area contributed by atoms with Crippen LogP contribution in [0.1, 0.15) is 48.5 Å². The van der Waals surface area contributed by atoms with Crippen LogP contribution in [0.4, 0.5) is 18.9 Å². The van der Waals surface area contributed by atoms with Gasteiger partial charge in [0.2, 0.25) is 0 Å². The standard InChI is InChI=1S/C17H16ClF3N2O2/c1-8(24)13-15(22-10-4-2-3-5-10)11-6-9(18)7-12(17(19,20)21)14(11)23-16(13)25/h6-7,10H,2-5H2,1H3,(H2,22,23,25). The van der Waals surface area contributed by atoms with Gasteiger partial charge in [-0.25, -0.2) is 0 Å². The zero-order valence-corrected chi connectivity index (χ0v) is 14.1. The van der Waals surface area contributed by atoms with Crippen LogP contribution in [0.2, 0.25) is 5.02 Å². The third-order valence-electron chi connectivity index (χ3n) is 4.45. The Morgan fingerprint density at radius 1 is 1.28 bits per heavy atom. The molecule has 1 heterocycles. The molecule has 0 aliphatic heterocycles. The molecule has 0 radical (unpaired) electrons. The first-order valence-corrected chi connectivity index (χ1v) is 8.30. The van der Waals surface area contributed by atoms with Crippen LogP contribution < -0.4 is 10.9 Å². The lowest BCUT2D eigenvalue weighted by molar-refractivity contribution is -0.136. The van der Waals surface area contributed by atoms with E-state index in [9.17, 15) is 22.8 Å². The summed E-state index contributed by atoms with van der Waals surface area (Å²) in [6.45, 7) is 1.21. The van der Waals surface area contributed by atoms with Crippen molar-refractivity contribution in [2.75, 3.05) is 5.32 Å². The number of hydrogen-bond acceptors (Lipinski definition) is 3. The lowest BCUT2D eigenvalue weighted by Crippen LogP contribution is -2.24. The van der Waals surface area contributed by atoms with E-state index in [0.29, 0.717) is 0 Å². The van der Waals surface area contributed by atoms with Crippen molar-refractivity contribution < 1.29 is 18.0 Å². The smallest absolute Gasteiger partial charge is 0.381 e. The molecule has 1 aromatic carbocycles. The van der Waals surface area contributed by atoms with E-state index in [4.69, 9.17) is 11.6 Å². The van der Waals surface area contributed by atoms with Crippen molar-refractivity contribution in [3.8, 4) is 0 Å². The Kier molecular flexibility index (Phi) is 4.53. The van der Waals surface area contributed by atoms with Crippen LogP contribution in [-0.2, 0) is 6.18 Å². The van der Waals surface area contributed by atoms with Crippen LogP contribution in [0.25, 0.3) is 10.9 Å². The molecule has 1 fully saturated rings. The molecule has 3 rings (SSSR count). The van der Waals surface area contributed by atoms with Gasteiger partial charge in [0.25, 0.3) is 5.56 Å². The number of nitrogens with one attached hydrogen (secondary N) is 2. The molecule has 1 aliphatic carbocycles. The van der Waals surface area contributed by atoms with E-state index in [1.54, 1.807) is 0 Å². The number of rotatable bonds is 3. The fourth-order valence-electron chi connectivity index (χ4n) is 3.35. The first kappa shape index (κ1) is 17.8. The highest BCUT2D eigenvalue weighted by atomic mass is 35.5. The van der Waals surface area contributed by atoms with Crippen molar-refractivity contribution in [3.63, 3.8) is 0 Å². The van der Waals surface area contributed by atoms with Gasteiger partial charge in [-0.15, -0.1) is 0 Å². The molecule has 0 unspecified atom stereocenters. The molecule has 0 spiro atoms.